The molecule has 0 radical (unpaired) electrons. The topological polar surface area (TPSA) is 9.23 Å². The zero-order chi connectivity index (χ0) is 13.8. The molecule has 0 amide bonds. The first-order chi connectivity index (χ1) is 8.22. The van der Waals surface area contributed by atoms with Gasteiger partial charge in [0.15, 0.2) is 8.32 Å². The smallest absolute Gasteiger partial charge is 0.193 e. The van der Waals surface area contributed by atoms with Crippen LogP contribution in [-0.4, -0.2) is 14.9 Å². The first-order valence-corrected chi connectivity index (χ1v) is 9.33. The molecule has 0 saturated heterocycles. The largest absolute Gasteiger partial charge is 0.406 e. The van der Waals surface area contributed by atoms with Crippen molar-refractivity contribution in [2.75, 3.05) is 6.61 Å². The molecule has 1 aromatic carbocycles. The first-order valence-electron chi connectivity index (χ1n) is 6.42. The number of hydrogen-bond acceptors (Lipinski definition) is 1. The zero-order valence-corrected chi connectivity index (χ0v) is 13.4. The van der Waals surface area contributed by atoms with Crippen molar-refractivity contribution in [2.45, 2.75) is 45.8 Å². The average molecular weight is 260 g/mol. The molecule has 0 atom stereocenters. The lowest BCUT2D eigenvalue weighted by atomic mass is 10.2. The highest BCUT2D eigenvalue weighted by Crippen LogP contribution is 2.36. The van der Waals surface area contributed by atoms with E-state index >= 15 is 0 Å². The summed E-state index contributed by atoms with van der Waals surface area (Å²) in [6, 6.07) is 8.26. The highest BCUT2D eigenvalue weighted by atomic mass is 28.4. The quantitative estimate of drug-likeness (QED) is 0.567. The zero-order valence-electron chi connectivity index (χ0n) is 12.4. The Balaban J connectivity index is 2.55. The standard InChI is InChI=1S/C16H24OSi/c1-14-9-11-15(12-10-14)8-7-13-17-18(5,6)16(2,3)4/h9-12H,13H2,1-6H3. The Morgan fingerprint density at radius 2 is 1.67 bits per heavy atom. The summed E-state index contributed by atoms with van der Waals surface area (Å²) in [6.07, 6.45) is 0. The van der Waals surface area contributed by atoms with Gasteiger partial charge in [-0.2, -0.15) is 0 Å². The van der Waals surface area contributed by atoms with Crippen molar-refractivity contribution in [3.05, 3.63) is 35.4 Å². The predicted molar refractivity (Wildman–Crippen MR) is 81.2 cm³/mol. The average Bonchev–Trinajstić information content (AvgIpc) is 2.25. The number of hydrogen-bond donors (Lipinski definition) is 0. The Bertz CT molecular complexity index is 441. The summed E-state index contributed by atoms with van der Waals surface area (Å²) in [4.78, 5) is 0. The molecule has 2 heteroatoms. The Hall–Kier alpha value is -1.04. The normalized spacial score (nSPS) is 11.9. The lowest BCUT2D eigenvalue weighted by Gasteiger charge is -2.35. The lowest BCUT2D eigenvalue weighted by molar-refractivity contribution is 0.334. The third kappa shape index (κ3) is 4.32. The first kappa shape index (κ1) is 15.0. The summed E-state index contributed by atoms with van der Waals surface area (Å²) >= 11 is 0. The van der Waals surface area contributed by atoms with Gasteiger partial charge in [-0.1, -0.05) is 50.3 Å². The summed E-state index contributed by atoms with van der Waals surface area (Å²) in [6.45, 7) is 13.8. The minimum Gasteiger partial charge on any atom is -0.406 e. The predicted octanol–water partition coefficient (Wildman–Crippen LogP) is 4.37. The molecule has 0 fully saturated rings. The summed E-state index contributed by atoms with van der Waals surface area (Å²) < 4.78 is 6.00. The number of benzene rings is 1. The minimum atomic E-state index is -1.65. The molecule has 0 saturated carbocycles. The molecule has 0 aliphatic heterocycles. The third-order valence-corrected chi connectivity index (χ3v) is 8.07. The molecular weight excluding hydrogens is 236 g/mol. The van der Waals surface area contributed by atoms with E-state index < -0.39 is 8.32 Å². The van der Waals surface area contributed by atoms with Crippen LogP contribution in [0, 0.1) is 18.8 Å². The highest BCUT2D eigenvalue weighted by Gasteiger charge is 2.36. The van der Waals surface area contributed by atoms with E-state index in [2.05, 4.69) is 76.9 Å². The van der Waals surface area contributed by atoms with E-state index in [4.69, 9.17) is 4.43 Å². The van der Waals surface area contributed by atoms with Crippen molar-refractivity contribution in [3.63, 3.8) is 0 Å². The molecule has 0 spiro atoms. The van der Waals surface area contributed by atoms with E-state index in [0.717, 1.165) is 5.56 Å². The van der Waals surface area contributed by atoms with Crippen LogP contribution in [0.4, 0.5) is 0 Å². The molecular formula is C16H24OSi. The van der Waals surface area contributed by atoms with Gasteiger partial charge in [0, 0.05) is 5.56 Å². The summed E-state index contributed by atoms with van der Waals surface area (Å²) in [5.41, 5.74) is 2.32. The van der Waals surface area contributed by atoms with Gasteiger partial charge >= 0.3 is 0 Å². The molecule has 98 valence electrons. The molecule has 0 bridgehead atoms. The Kier molecular flexibility index (Phi) is 4.78. The van der Waals surface area contributed by atoms with Gasteiger partial charge in [0.1, 0.15) is 0 Å². The fraction of sp³-hybridized carbons (Fsp3) is 0.500. The molecule has 0 N–H and O–H groups in total. The molecule has 0 unspecified atom stereocenters. The van der Waals surface area contributed by atoms with E-state index in [0.29, 0.717) is 6.61 Å². The maximum absolute atomic E-state index is 6.00. The molecule has 1 aromatic rings. The summed E-state index contributed by atoms with van der Waals surface area (Å²) in [5.74, 6) is 6.25. The van der Waals surface area contributed by atoms with Gasteiger partial charge in [-0.3, -0.25) is 0 Å². The minimum absolute atomic E-state index is 0.249. The van der Waals surface area contributed by atoms with Crippen LogP contribution in [-0.2, 0) is 4.43 Å². The molecule has 0 heterocycles. The van der Waals surface area contributed by atoms with Crippen molar-refractivity contribution in [3.8, 4) is 11.8 Å². The highest BCUT2D eigenvalue weighted by molar-refractivity contribution is 6.74. The molecule has 1 rings (SSSR count). The van der Waals surface area contributed by atoms with Gasteiger partial charge < -0.3 is 4.43 Å². The second-order valence-electron chi connectivity index (χ2n) is 6.22. The van der Waals surface area contributed by atoms with Crippen LogP contribution in [0.25, 0.3) is 0 Å². The van der Waals surface area contributed by atoms with Gasteiger partial charge in [0.05, 0.1) is 6.61 Å². The molecule has 0 aliphatic carbocycles. The van der Waals surface area contributed by atoms with Crippen molar-refractivity contribution in [1.29, 1.82) is 0 Å². The second kappa shape index (κ2) is 5.73. The maximum Gasteiger partial charge on any atom is 0.193 e. The Labute approximate surface area is 113 Å². The molecule has 1 nitrogen and oxygen atoms in total. The van der Waals surface area contributed by atoms with Crippen LogP contribution < -0.4 is 0 Å². The van der Waals surface area contributed by atoms with E-state index in [9.17, 15) is 0 Å². The molecule has 18 heavy (non-hydrogen) atoms. The van der Waals surface area contributed by atoms with Crippen LogP contribution in [0.3, 0.4) is 0 Å². The number of rotatable bonds is 2. The van der Waals surface area contributed by atoms with E-state index in [1.54, 1.807) is 0 Å². The summed E-state index contributed by atoms with van der Waals surface area (Å²) in [7, 11) is -1.65. The van der Waals surface area contributed by atoms with E-state index in [1.807, 2.05) is 0 Å². The van der Waals surface area contributed by atoms with Gasteiger partial charge in [0.2, 0.25) is 0 Å². The van der Waals surface area contributed by atoms with Crippen molar-refractivity contribution in [1.82, 2.24) is 0 Å². The van der Waals surface area contributed by atoms with Crippen LogP contribution in [0.1, 0.15) is 31.9 Å². The van der Waals surface area contributed by atoms with Crippen molar-refractivity contribution < 1.29 is 4.43 Å². The van der Waals surface area contributed by atoms with Crippen LogP contribution >= 0.6 is 0 Å². The van der Waals surface area contributed by atoms with Crippen molar-refractivity contribution >= 4 is 8.32 Å². The second-order valence-corrected chi connectivity index (χ2v) is 11.0. The Morgan fingerprint density at radius 3 is 2.17 bits per heavy atom. The fourth-order valence-electron chi connectivity index (χ4n) is 1.21. The lowest BCUT2D eigenvalue weighted by Crippen LogP contribution is -2.40. The van der Waals surface area contributed by atoms with E-state index in [1.165, 1.54) is 5.56 Å². The van der Waals surface area contributed by atoms with Gasteiger partial charge in [-0.05, 0) is 37.2 Å². The molecule has 0 aliphatic rings. The number of aryl methyl sites for hydroxylation is 1. The molecule has 0 aromatic heterocycles. The Morgan fingerprint density at radius 1 is 1.11 bits per heavy atom. The summed E-state index contributed by atoms with van der Waals surface area (Å²) in [5, 5.41) is 0.249. The monoisotopic (exact) mass is 260 g/mol. The van der Waals surface area contributed by atoms with Gasteiger partial charge in [-0.25, -0.2) is 0 Å². The SMILES string of the molecule is Cc1ccc(C#CCO[Si](C)(C)C(C)(C)C)cc1. The van der Waals surface area contributed by atoms with Crippen molar-refractivity contribution in [2.24, 2.45) is 0 Å². The van der Waals surface area contributed by atoms with Gasteiger partial charge in [-0.15, -0.1) is 0 Å². The van der Waals surface area contributed by atoms with E-state index in [-0.39, 0.29) is 5.04 Å². The van der Waals surface area contributed by atoms with Crippen LogP contribution in [0.15, 0.2) is 24.3 Å². The third-order valence-electron chi connectivity index (χ3n) is 3.60. The maximum atomic E-state index is 6.00. The van der Waals surface area contributed by atoms with Crippen LogP contribution in [0.2, 0.25) is 18.1 Å². The van der Waals surface area contributed by atoms with Gasteiger partial charge in [0.25, 0.3) is 0 Å². The fourth-order valence-corrected chi connectivity index (χ4v) is 2.07. The van der Waals surface area contributed by atoms with Crippen LogP contribution in [0.5, 0.6) is 0 Å².